The van der Waals surface area contributed by atoms with Gasteiger partial charge >= 0.3 is 0 Å². The fourth-order valence-electron chi connectivity index (χ4n) is 3.90. The van der Waals surface area contributed by atoms with E-state index in [9.17, 15) is 9.59 Å². The van der Waals surface area contributed by atoms with E-state index in [1.54, 1.807) is 0 Å². The molecule has 3 rings (SSSR count). The van der Waals surface area contributed by atoms with Crippen LogP contribution >= 0.6 is 11.3 Å². The van der Waals surface area contributed by atoms with Crippen molar-refractivity contribution in [2.75, 3.05) is 25.0 Å². The van der Waals surface area contributed by atoms with Crippen LogP contribution in [-0.2, 0) is 17.6 Å². The lowest BCUT2D eigenvalue weighted by molar-refractivity contribution is -0.117. The second-order valence-corrected chi connectivity index (χ2v) is 8.56. The molecule has 2 atom stereocenters. The van der Waals surface area contributed by atoms with Crippen LogP contribution in [0.1, 0.15) is 53.9 Å². The third-order valence-corrected chi connectivity index (χ3v) is 6.29. The maximum Gasteiger partial charge on any atom is 0.251 e. The summed E-state index contributed by atoms with van der Waals surface area (Å²) in [5.74, 6) is 0.792. The molecule has 3 N–H and O–H groups in total. The molecule has 2 aliphatic rings. The Morgan fingerprint density at radius 1 is 1.29 bits per heavy atom. The Kier molecular flexibility index (Phi) is 5.25. The molecule has 0 aromatic carbocycles. The highest BCUT2D eigenvalue weighted by atomic mass is 32.1. The van der Waals surface area contributed by atoms with E-state index < -0.39 is 5.91 Å². The van der Waals surface area contributed by atoms with E-state index in [1.807, 2.05) is 0 Å². The van der Waals surface area contributed by atoms with Crippen molar-refractivity contribution in [2.45, 2.75) is 46.0 Å². The largest absolute Gasteiger partial charge is 0.365 e. The van der Waals surface area contributed by atoms with Crippen LogP contribution in [0.25, 0.3) is 0 Å². The number of primary amides is 1. The number of fused-ring (bicyclic) bond motifs is 1. The van der Waals surface area contributed by atoms with Gasteiger partial charge in [0, 0.05) is 11.4 Å². The molecule has 0 radical (unpaired) electrons. The van der Waals surface area contributed by atoms with Gasteiger partial charge in [-0.3, -0.25) is 14.5 Å². The summed E-state index contributed by atoms with van der Waals surface area (Å²) in [7, 11) is 0. The third-order valence-electron chi connectivity index (χ3n) is 5.12. The fourth-order valence-corrected chi connectivity index (χ4v) is 5.33. The number of carbonyl (C=O) groups is 2. The molecule has 2 amide bonds. The van der Waals surface area contributed by atoms with Crippen LogP contribution in [0, 0.1) is 11.8 Å². The Hall–Kier alpha value is -1.40. The summed E-state index contributed by atoms with van der Waals surface area (Å²) in [6, 6.07) is 0. The molecule has 5 nitrogen and oxygen atoms in total. The second kappa shape index (κ2) is 7.23. The Balaban J connectivity index is 1.72. The number of likely N-dealkylation sites (tertiary alicyclic amines) is 1. The van der Waals surface area contributed by atoms with Crippen molar-refractivity contribution < 1.29 is 9.59 Å². The standard InChI is InChI=1S/C18H27N3O2S/c1-11-5-6-13-14(8-11)24-18(16(13)17(19)23)20-15(22)10-21-7-3-4-12(2)9-21/h11-12H,3-10H2,1-2H3,(H2,19,23)(H,20,22)/t11-,12+/m0/s1. The van der Waals surface area contributed by atoms with Gasteiger partial charge in [-0.1, -0.05) is 13.8 Å². The monoisotopic (exact) mass is 349 g/mol. The van der Waals surface area contributed by atoms with Crippen LogP contribution in [0.3, 0.4) is 0 Å². The van der Waals surface area contributed by atoms with Crippen molar-refractivity contribution in [3.8, 4) is 0 Å². The van der Waals surface area contributed by atoms with E-state index in [1.165, 1.54) is 22.6 Å². The molecular weight excluding hydrogens is 322 g/mol. The van der Waals surface area contributed by atoms with Crippen LogP contribution in [0.2, 0.25) is 0 Å². The van der Waals surface area contributed by atoms with Gasteiger partial charge in [-0.05, 0) is 56.0 Å². The molecular formula is C18H27N3O2S. The van der Waals surface area contributed by atoms with E-state index in [-0.39, 0.29) is 5.91 Å². The van der Waals surface area contributed by atoms with Gasteiger partial charge in [0.2, 0.25) is 5.91 Å². The number of nitrogens with one attached hydrogen (secondary N) is 1. The number of nitrogens with zero attached hydrogens (tertiary/aromatic N) is 1. The van der Waals surface area contributed by atoms with Crippen molar-refractivity contribution in [2.24, 2.45) is 17.6 Å². The Morgan fingerprint density at radius 3 is 2.79 bits per heavy atom. The van der Waals surface area contributed by atoms with Gasteiger partial charge < -0.3 is 11.1 Å². The Morgan fingerprint density at radius 2 is 2.08 bits per heavy atom. The maximum absolute atomic E-state index is 12.4. The van der Waals surface area contributed by atoms with Crippen LogP contribution in [0.5, 0.6) is 0 Å². The fraction of sp³-hybridized carbons (Fsp3) is 0.667. The summed E-state index contributed by atoms with van der Waals surface area (Å²) in [6.45, 7) is 6.78. The number of carbonyl (C=O) groups excluding carboxylic acids is 2. The first-order chi connectivity index (χ1) is 11.4. The van der Waals surface area contributed by atoms with Gasteiger partial charge in [-0.25, -0.2) is 0 Å². The number of piperidine rings is 1. The summed E-state index contributed by atoms with van der Waals surface area (Å²) in [6.07, 6.45) is 5.31. The van der Waals surface area contributed by atoms with E-state index >= 15 is 0 Å². The Bertz CT molecular complexity index is 640. The lowest BCUT2D eigenvalue weighted by atomic mass is 9.88. The van der Waals surface area contributed by atoms with Gasteiger partial charge in [0.15, 0.2) is 0 Å². The zero-order valence-electron chi connectivity index (χ0n) is 14.6. The number of thiophene rings is 1. The summed E-state index contributed by atoms with van der Waals surface area (Å²) in [5, 5.41) is 3.61. The lowest BCUT2D eigenvalue weighted by Gasteiger charge is -2.30. The molecule has 0 bridgehead atoms. The zero-order valence-corrected chi connectivity index (χ0v) is 15.4. The van der Waals surface area contributed by atoms with Crippen LogP contribution < -0.4 is 11.1 Å². The van der Waals surface area contributed by atoms with Crippen LogP contribution in [-0.4, -0.2) is 36.3 Å². The number of amides is 2. The molecule has 0 unspecified atom stereocenters. The molecule has 6 heteroatoms. The molecule has 1 saturated heterocycles. The number of rotatable bonds is 4. The van der Waals surface area contributed by atoms with Crippen molar-refractivity contribution in [1.29, 1.82) is 0 Å². The number of anilines is 1. The van der Waals surface area contributed by atoms with E-state index in [4.69, 9.17) is 5.73 Å². The third kappa shape index (κ3) is 3.81. The van der Waals surface area contributed by atoms with Gasteiger partial charge in [-0.15, -0.1) is 11.3 Å². The lowest BCUT2D eigenvalue weighted by Crippen LogP contribution is -2.39. The molecule has 2 heterocycles. The second-order valence-electron chi connectivity index (χ2n) is 7.45. The molecule has 1 fully saturated rings. The highest BCUT2D eigenvalue weighted by Gasteiger charge is 2.27. The van der Waals surface area contributed by atoms with E-state index in [0.29, 0.717) is 28.9 Å². The van der Waals surface area contributed by atoms with Crippen molar-refractivity contribution in [3.05, 3.63) is 16.0 Å². The molecule has 0 saturated carbocycles. The Labute approximate surface area is 147 Å². The first kappa shape index (κ1) is 17.4. The van der Waals surface area contributed by atoms with Gasteiger partial charge in [0.25, 0.3) is 5.91 Å². The minimum Gasteiger partial charge on any atom is -0.365 e. The smallest absolute Gasteiger partial charge is 0.251 e. The molecule has 0 spiro atoms. The normalized spacial score (nSPS) is 24.4. The van der Waals surface area contributed by atoms with Crippen LogP contribution in [0.15, 0.2) is 0 Å². The van der Waals surface area contributed by atoms with E-state index in [0.717, 1.165) is 44.3 Å². The van der Waals surface area contributed by atoms with Crippen molar-refractivity contribution in [3.63, 3.8) is 0 Å². The average molecular weight is 350 g/mol. The number of hydrogen-bond donors (Lipinski definition) is 2. The minimum absolute atomic E-state index is 0.0433. The van der Waals surface area contributed by atoms with E-state index in [2.05, 4.69) is 24.1 Å². The molecule has 24 heavy (non-hydrogen) atoms. The van der Waals surface area contributed by atoms with Crippen LogP contribution in [0.4, 0.5) is 5.00 Å². The molecule has 1 aliphatic heterocycles. The zero-order chi connectivity index (χ0) is 17.3. The maximum atomic E-state index is 12.4. The predicted molar refractivity (Wildman–Crippen MR) is 97.5 cm³/mol. The van der Waals surface area contributed by atoms with Crippen molar-refractivity contribution in [1.82, 2.24) is 4.90 Å². The summed E-state index contributed by atoms with van der Waals surface area (Å²) >= 11 is 1.53. The summed E-state index contributed by atoms with van der Waals surface area (Å²) < 4.78 is 0. The molecule has 1 aromatic rings. The quantitative estimate of drug-likeness (QED) is 0.877. The number of hydrogen-bond acceptors (Lipinski definition) is 4. The first-order valence-corrected chi connectivity index (χ1v) is 9.72. The highest BCUT2D eigenvalue weighted by molar-refractivity contribution is 7.17. The highest BCUT2D eigenvalue weighted by Crippen LogP contribution is 2.39. The first-order valence-electron chi connectivity index (χ1n) is 8.90. The summed E-state index contributed by atoms with van der Waals surface area (Å²) in [5.41, 5.74) is 7.21. The molecule has 132 valence electrons. The van der Waals surface area contributed by atoms with Gasteiger partial charge in [0.1, 0.15) is 5.00 Å². The summed E-state index contributed by atoms with van der Waals surface area (Å²) in [4.78, 5) is 27.8. The topological polar surface area (TPSA) is 75.4 Å². The SMILES string of the molecule is C[C@@H]1CCCN(CC(=O)Nc2sc3c(c2C(N)=O)CC[C@H](C)C3)C1. The molecule has 1 aromatic heterocycles. The van der Waals surface area contributed by atoms with Gasteiger partial charge in [-0.2, -0.15) is 0 Å². The minimum atomic E-state index is -0.427. The number of nitrogens with two attached hydrogens (primary N) is 1. The average Bonchev–Trinajstić information content (AvgIpc) is 2.83. The predicted octanol–water partition coefficient (Wildman–Crippen LogP) is 2.64. The molecule has 1 aliphatic carbocycles. The van der Waals surface area contributed by atoms with Gasteiger partial charge in [0.05, 0.1) is 12.1 Å². The van der Waals surface area contributed by atoms with Crippen molar-refractivity contribution >= 4 is 28.2 Å².